The first kappa shape index (κ1) is 17.3. The zero-order valence-corrected chi connectivity index (χ0v) is 15.4. The lowest BCUT2D eigenvalue weighted by Gasteiger charge is -2.26. The number of thiocarbonyl (C=S) groups is 1. The molecule has 21 heavy (non-hydrogen) atoms. The Morgan fingerprint density at radius 3 is 1.95 bits per heavy atom. The van der Waals surface area contributed by atoms with E-state index in [1.165, 1.54) is 23.0 Å². The van der Waals surface area contributed by atoms with Crippen LogP contribution in [-0.2, 0) is 0 Å². The van der Waals surface area contributed by atoms with Gasteiger partial charge in [-0.25, -0.2) is 0 Å². The number of hydrogen-bond acceptors (Lipinski definition) is 4. The van der Waals surface area contributed by atoms with Crippen LogP contribution in [0.2, 0.25) is 0 Å². The van der Waals surface area contributed by atoms with E-state index in [2.05, 4.69) is 34.1 Å². The van der Waals surface area contributed by atoms with E-state index < -0.39 is 0 Å². The first-order valence-corrected chi connectivity index (χ1v) is 11.1. The molecule has 1 aromatic carbocycles. The Hall–Kier alpha value is -0.0400. The summed E-state index contributed by atoms with van der Waals surface area (Å²) in [5.74, 6) is 7.36. The lowest BCUT2D eigenvalue weighted by atomic mass is 10.3. The normalized spacial score (nSPS) is 18.4. The second-order valence-electron chi connectivity index (χ2n) is 4.62. The molecule has 1 aliphatic heterocycles. The lowest BCUT2D eigenvalue weighted by Crippen LogP contribution is -2.38. The summed E-state index contributed by atoms with van der Waals surface area (Å²) < 4.78 is 0. The minimum atomic E-state index is 0.855. The Bertz CT molecular complexity index is 401. The molecule has 1 heterocycles. The van der Waals surface area contributed by atoms with Gasteiger partial charge in [0.25, 0.3) is 0 Å². The fraction of sp³-hybridized carbons (Fsp3) is 0.533. The number of nitrogens with one attached hydrogen (secondary N) is 1. The number of para-hydroxylation sites is 1. The van der Waals surface area contributed by atoms with Gasteiger partial charge in [0.2, 0.25) is 0 Å². The number of rotatable bonds is 1. The summed E-state index contributed by atoms with van der Waals surface area (Å²) in [6, 6.07) is 10.2. The molecule has 0 atom stereocenters. The van der Waals surface area contributed by atoms with Gasteiger partial charge >= 0.3 is 0 Å². The van der Waals surface area contributed by atoms with E-state index in [1.54, 1.807) is 0 Å². The number of anilines is 1. The molecule has 0 aromatic heterocycles. The van der Waals surface area contributed by atoms with E-state index in [0.717, 1.165) is 35.4 Å². The van der Waals surface area contributed by atoms with E-state index in [1.807, 2.05) is 41.7 Å². The van der Waals surface area contributed by atoms with Gasteiger partial charge in [-0.1, -0.05) is 18.2 Å². The summed E-state index contributed by atoms with van der Waals surface area (Å²) in [6.07, 6.45) is 0. The Labute approximate surface area is 146 Å². The average molecular weight is 359 g/mol. The number of nitrogens with zero attached hydrogens (tertiary/aromatic N) is 1. The first-order chi connectivity index (χ1) is 10.4. The minimum Gasteiger partial charge on any atom is -0.347 e. The van der Waals surface area contributed by atoms with Gasteiger partial charge < -0.3 is 10.2 Å². The molecule has 0 spiro atoms. The van der Waals surface area contributed by atoms with Crippen LogP contribution in [0.3, 0.4) is 0 Å². The molecule has 1 fully saturated rings. The summed E-state index contributed by atoms with van der Waals surface area (Å²) in [7, 11) is 0. The molecule has 2 rings (SSSR count). The number of hydrogen-bond donors (Lipinski definition) is 1. The highest BCUT2D eigenvalue weighted by atomic mass is 32.2. The van der Waals surface area contributed by atoms with Crippen LogP contribution in [-0.4, -0.2) is 57.6 Å². The highest BCUT2D eigenvalue weighted by Gasteiger charge is 2.10. The van der Waals surface area contributed by atoms with Crippen molar-refractivity contribution in [1.29, 1.82) is 0 Å². The summed E-state index contributed by atoms with van der Waals surface area (Å²) in [4.78, 5) is 2.32. The molecule has 2 nitrogen and oxygen atoms in total. The fourth-order valence-electron chi connectivity index (χ4n) is 1.93. The smallest absolute Gasteiger partial charge is 0.173 e. The highest BCUT2D eigenvalue weighted by molar-refractivity contribution is 8.04. The summed E-state index contributed by atoms with van der Waals surface area (Å²) in [5, 5.41) is 4.21. The van der Waals surface area contributed by atoms with Crippen molar-refractivity contribution in [3.63, 3.8) is 0 Å². The zero-order valence-electron chi connectivity index (χ0n) is 12.1. The van der Waals surface area contributed by atoms with Crippen molar-refractivity contribution in [2.24, 2.45) is 0 Å². The third-order valence-corrected chi connectivity index (χ3v) is 6.86. The summed E-state index contributed by atoms with van der Waals surface area (Å²) in [6.45, 7) is 2.07. The van der Waals surface area contributed by atoms with Crippen molar-refractivity contribution in [3.8, 4) is 0 Å². The van der Waals surface area contributed by atoms with Crippen molar-refractivity contribution in [3.05, 3.63) is 30.3 Å². The van der Waals surface area contributed by atoms with E-state index in [0.29, 0.717) is 0 Å². The van der Waals surface area contributed by atoms with E-state index in [-0.39, 0.29) is 0 Å². The molecule has 0 aliphatic carbocycles. The van der Waals surface area contributed by atoms with Crippen molar-refractivity contribution < 1.29 is 0 Å². The Morgan fingerprint density at radius 2 is 1.38 bits per heavy atom. The van der Waals surface area contributed by atoms with Crippen LogP contribution in [0.1, 0.15) is 0 Å². The van der Waals surface area contributed by atoms with Crippen LogP contribution < -0.4 is 5.32 Å². The molecule has 0 amide bonds. The van der Waals surface area contributed by atoms with E-state index >= 15 is 0 Å². The van der Waals surface area contributed by atoms with Gasteiger partial charge in [-0.15, -0.1) is 0 Å². The highest BCUT2D eigenvalue weighted by Crippen LogP contribution is 2.14. The Morgan fingerprint density at radius 1 is 0.857 bits per heavy atom. The quantitative estimate of drug-likeness (QED) is 0.761. The molecular formula is C15H22N2S4. The molecule has 0 saturated carbocycles. The van der Waals surface area contributed by atoms with Gasteiger partial charge in [-0.2, -0.15) is 35.3 Å². The predicted octanol–water partition coefficient (Wildman–Crippen LogP) is 3.90. The molecule has 0 bridgehead atoms. The van der Waals surface area contributed by atoms with Crippen LogP contribution >= 0.6 is 47.5 Å². The second kappa shape index (κ2) is 10.6. The minimum absolute atomic E-state index is 0.855. The fourth-order valence-corrected chi connectivity index (χ4v) is 5.43. The van der Waals surface area contributed by atoms with Gasteiger partial charge in [0.05, 0.1) is 0 Å². The van der Waals surface area contributed by atoms with Gasteiger partial charge in [0.15, 0.2) is 5.11 Å². The summed E-state index contributed by atoms with van der Waals surface area (Å²) in [5.41, 5.74) is 1.07. The van der Waals surface area contributed by atoms with Crippen molar-refractivity contribution in [2.45, 2.75) is 0 Å². The van der Waals surface area contributed by atoms with Crippen LogP contribution in [0.5, 0.6) is 0 Å². The van der Waals surface area contributed by atoms with Crippen LogP contribution in [0, 0.1) is 0 Å². The SMILES string of the molecule is S=C(Nc1ccccc1)N1CCSCCSCCSCC1. The van der Waals surface area contributed by atoms with Crippen LogP contribution in [0.25, 0.3) is 0 Å². The average Bonchev–Trinajstić information content (AvgIpc) is 2.49. The Kier molecular flexibility index (Phi) is 8.78. The molecular weight excluding hydrogens is 336 g/mol. The van der Waals surface area contributed by atoms with E-state index in [9.17, 15) is 0 Å². The third kappa shape index (κ3) is 7.17. The largest absolute Gasteiger partial charge is 0.347 e. The topological polar surface area (TPSA) is 15.3 Å². The maximum Gasteiger partial charge on any atom is 0.173 e. The molecule has 6 heteroatoms. The maximum atomic E-state index is 5.59. The number of thioether (sulfide) groups is 3. The second-order valence-corrected chi connectivity index (χ2v) is 8.68. The molecule has 0 radical (unpaired) electrons. The first-order valence-electron chi connectivity index (χ1n) is 7.20. The van der Waals surface area contributed by atoms with E-state index in [4.69, 9.17) is 12.2 Å². The van der Waals surface area contributed by atoms with Crippen LogP contribution in [0.4, 0.5) is 5.69 Å². The lowest BCUT2D eigenvalue weighted by molar-refractivity contribution is 0.480. The molecule has 1 aliphatic rings. The van der Waals surface area contributed by atoms with Crippen molar-refractivity contribution >= 4 is 58.3 Å². The van der Waals surface area contributed by atoms with Gasteiger partial charge in [-0.3, -0.25) is 0 Å². The van der Waals surface area contributed by atoms with Crippen molar-refractivity contribution in [1.82, 2.24) is 4.90 Å². The molecule has 1 aromatic rings. The third-order valence-electron chi connectivity index (χ3n) is 3.07. The molecule has 1 saturated heterocycles. The maximum absolute atomic E-state index is 5.59. The van der Waals surface area contributed by atoms with Crippen molar-refractivity contribution in [2.75, 3.05) is 52.9 Å². The molecule has 1 N–H and O–H groups in total. The molecule has 0 unspecified atom stereocenters. The molecule has 116 valence electrons. The van der Waals surface area contributed by atoms with Crippen LogP contribution in [0.15, 0.2) is 30.3 Å². The Balaban J connectivity index is 1.85. The van der Waals surface area contributed by atoms with Gasteiger partial charge in [0.1, 0.15) is 0 Å². The standard InChI is InChI=1S/C15H22N2S4/c18-15(16-14-4-2-1-3-5-14)17-6-8-19-10-12-21-13-11-20-9-7-17/h1-5H,6-13H2,(H,16,18). The van der Waals surface area contributed by atoms with Gasteiger partial charge in [0, 0.05) is 53.3 Å². The number of benzene rings is 1. The van der Waals surface area contributed by atoms with Gasteiger partial charge in [-0.05, 0) is 24.4 Å². The predicted molar refractivity (Wildman–Crippen MR) is 106 cm³/mol. The summed E-state index contributed by atoms with van der Waals surface area (Å²) >= 11 is 11.8. The monoisotopic (exact) mass is 358 g/mol. The zero-order chi connectivity index (χ0) is 14.8.